The quantitative estimate of drug-likeness (QED) is 0.111. The first-order valence-corrected chi connectivity index (χ1v) is 15.3. The van der Waals surface area contributed by atoms with Gasteiger partial charge in [0, 0.05) is 0 Å². The molecule has 3 aliphatic rings. The average Bonchev–Trinajstić information content (AvgIpc) is 3.77. The van der Waals surface area contributed by atoms with Gasteiger partial charge in [-0.25, -0.2) is 24.3 Å². The van der Waals surface area contributed by atoms with Gasteiger partial charge in [0.05, 0.1) is 39.1 Å². The number of nitrogens with two attached hydrogens (primary N) is 2. The number of aliphatic hydroxyl groups excluding tert-OH is 2. The van der Waals surface area contributed by atoms with E-state index in [9.17, 15) is 19.9 Å². The molecule has 2 bridgehead atoms. The molecule has 22 heteroatoms. The number of aromatic amines is 1. The smallest absolute Gasteiger partial charge is 0.327 e. The van der Waals surface area contributed by atoms with Crippen molar-refractivity contribution in [1.29, 1.82) is 0 Å². The minimum absolute atomic E-state index is 0.140. The zero-order chi connectivity index (χ0) is 30.3. The maximum atomic E-state index is 15.9. The molecule has 4 aromatic heterocycles. The van der Waals surface area contributed by atoms with Crippen LogP contribution in [0.2, 0.25) is 0 Å². The summed E-state index contributed by atoms with van der Waals surface area (Å²) in [4.78, 5) is 46.2. The van der Waals surface area contributed by atoms with Crippen molar-refractivity contribution in [1.82, 2.24) is 39.0 Å². The molecule has 2 unspecified atom stereocenters. The maximum Gasteiger partial charge on any atom is 0.327 e. The van der Waals surface area contributed by atoms with Crippen LogP contribution >= 0.6 is 6.72 Å². The SMILES string of the molecule is Nc1nc2c(ncn2C2(OP(O)(=S)OC[C@@]34CO[C@@H]([C@H](n5cnc6c(N)ncnc65)O3)[C@@H]4O)CO[C@H](CO)[C@H]2F)c(=O)[nH]1. The first-order chi connectivity index (χ1) is 20.5. The predicted molar refractivity (Wildman–Crippen MR) is 144 cm³/mol. The number of nitrogen functional groups attached to an aromatic ring is 2. The standard InChI is InChI=1S/C21H24FN10O9PS/c22-12-8(1-33)37-4-21(12,32-7-28-10-16(32)29-19(24)30-17(10)35)41-42(36,43)39-3-20-2-38-11(13(20)34)18(40-20)31-6-27-9-14(23)25-5-26-15(9)31/h5-8,11-13,18,33-34H,1-4H2,(H,36,43)(H2,23,25,26)(H3,24,29,30,35)/t8-,11-,12-,13+,18-,20-,21?,42?/m1/s1. The number of anilines is 2. The molecule has 3 fully saturated rings. The summed E-state index contributed by atoms with van der Waals surface area (Å²) < 4.78 is 47.2. The Morgan fingerprint density at radius 3 is 2.74 bits per heavy atom. The fraction of sp³-hybridized carbons (Fsp3) is 0.524. The van der Waals surface area contributed by atoms with Gasteiger partial charge < -0.3 is 45.3 Å². The Hall–Kier alpha value is -3.24. The maximum absolute atomic E-state index is 15.9. The molecular formula is C21H24FN10O9PS. The van der Waals surface area contributed by atoms with Gasteiger partial charge in [-0.2, -0.15) is 4.98 Å². The molecule has 43 heavy (non-hydrogen) atoms. The third-order valence-corrected chi connectivity index (χ3v) is 9.23. The van der Waals surface area contributed by atoms with Crippen molar-refractivity contribution < 1.29 is 42.8 Å². The summed E-state index contributed by atoms with van der Waals surface area (Å²) in [5, 5.41) is 20.8. The number of halogens is 1. The van der Waals surface area contributed by atoms with Crippen molar-refractivity contribution in [2.24, 2.45) is 0 Å². The molecular weight excluding hydrogens is 618 g/mol. The third kappa shape index (κ3) is 4.27. The normalized spacial score (nSPS) is 33.5. The molecule has 0 saturated carbocycles. The average molecular weight is 643 g/mol. The molecule has 19 nitrogen and oxygen atoms in total. The van der Waals surface area contributed by atoms with Crippen LogP contribution in [0.1, 0.15) is 6.23 Å². The second-order valence-corrected chi connectivity index (χ2v) is 13.0. The number of hydrogen-bond donors (Lipinski definition) is 6. The molecule has 4 aromatic rings. The number of aliphatic hydroxyl groups is 2. The molecule has 230 valence electrons. The van der Waals surface area contributed by atoms with E-state index in [0.717, 1.165) is 10.9 Å². The summed E-state index contributed by atoms with van der Waals surface area (Å²) in [6.07, 6.45) is -2.86. The van der Waals surface area contributed by atoms with E-state index in [-0.39, 0.29) is 29.5 Å². The van der Waals surface area contributed by atoms with Crippen LogP contribution in [0.25, 0.3) is 22.3 Å². The van der Waals surface area contributed by atoms with Gasteiger partial charge in [-0.15, -0.1) is 0 Å². The van der Waals surface area contributed by atoms with Crippen molar-refractivity contribution in [3.05, 3.63) is 29.3 Å². The zero-order valence-electron chi connectivity index (χ0n) is 21.8. The Morgan fingerprint density at radius 1 is 1.19 bits per heavy atom. The van der Waals surface area contributed by atoms with E-state index in [1.54, 1.807) is 0 Å². The second-order valence-electron chi connectivity index (χ2n) is 10.2. The Morgan fingerprint density at radius 2 is 1.98 bits per heavy atom. The van der Waals surface area contributed by atoms with Crippen molar-refractivity contribution in [3.8, 4) is 0 Å². The molecule has 3 saturated heterocycles. The molecule has 0 amide bonds. The number of nitrogens with zero attached hydrogens (tertiary/aromatic N) is 7. The summed E-state index contributed by atoms with van der Waals surface area (Å²) in [7, 11) is 0. The number of nitrogens with one attached hydrogen (secondary N) is 1. The van der Waals surface area contributed by atoms with Crippen LogP contribution in [0.5, 0.6) is 0 Å². The van der Waals surface area contributed by atoms with Gasteiger partial charge in [-0.3, -0.25) is 23.4 Å². The number of H-pyrrole nitrogens is 1. The fourth-order valence-corrected chi connectivity index (χ4v) is 7.19. The van der Waals surface area contributed by atoms with Crippen molar-refractivity contribution in [2.45, 2.75) is 42.0 Å². The lowest BCUT2D eigenvalue weighted by atomic mass is 10.0. The number of aromatic nitrogens is 8. The summed E-state index contributed by atoms with van der Waals surface area (Å²) >= 11 is 5.27. The topological polar surface area (TPSA) is 266 Å². The number of fused-ring (bicyclic) bond motifs is 4. The number of rotatable bonds is 8. The van der Waals surface area contributed by atoms with Gasteiger partial charge in [0.2, 0.25) is 11.7 Å². The molecule has 0 radical (unpaired) electrons. The van der Waals surface area contributed by atoms with E-state index in [2.05, 4.69) is 29.9 Å². The molecule has 0 spiro atoms. The largest absolute Gasteiger partial charge is 0.394 e. The fourth-order valence-electron chi connectivity index (χ4n) is 5.56. The molecule has 8 N–H and O–H groups in total. The van der Waals surface area contributed by atoms with E-state index < -0.39 is 74.1 Å². The van der Waals surface area contributed by atoms with E-state index in [4.69, 9.17) is 46.5 Å². The lowest BCUT2D eigenvalue weighted by Gasteiger charge is -2.36. The van der Waals surface area contributed by atoms with Gasteiger partial charge in [0.25, 0.3) is 5.56 Å². The highest BCUT2D eigenvalue weighted by molar-refractivity contribution is 8.07. The Bertz CT molecular complexity index is 1840. The Kier molecular flexibility index (Phi) is 6.56. The summed E-state index contributed by atoms with van der Waals surface area (Å²) in [6.45, 7) is -6.44. The summed E-state index contributed by atoms with van der Waals surface area (Å²) in [6, 6.07) is 0. The zero-order valence-corrected chi connectivity index (χ0v) is 23.5. The molecule has 0 aliphatic carbocycles. The predicted octanol–water partition coefficient (Wildman–Crippen LogP) is -2.22. The van der Waals surface area contributed by atoms with Gasteiger partial charge in [0.15, 0.2) is 35.0 Å². The van der Waals surface area contributed by atoms with Crippen LogP contribution in [-0.2, 0) is 40.8 Å². The molecule has 3 aliphatic heterocycles. The van der Waals surface area contributed by atoms with Crippen molar-refractivity contribution >= 4 is 52.6 Å². The number of imidazole rings is 2. The van der Waals surface area contributed by atoms with Crippen molar-refractivity contribution in [2.75, 3.05) is 37.9 Å². The van der Waals surface area contributed by atoms with Crippen LogP contribution in [0.15, 0.2) is 23.8 Å². The summed E-state index contributed by atoms with van der Waals surface area (Å²) in [5.74, 6) is -0.143. The van der Waals surface area contributed by atoms with Gasteiger partial charge in [-0.1, -0.05) is 0 Å². The highest BCUT2D eigenvalue weighted by Crippen LogP contribution is 2.55. The number of ether oxygens (including phenoxy) is 3. The van der Waals surface area contributed by atoms with Crippen LogP contribution in [0.4, 0.5) is 16.2 Å². The monoisotopic (exact) mass is 642 g/mol. The minimum atomic E-state index is -4.43. The van der Waals surface area contributed by atoms with E-state index in [1.807, 2.05) is 0 Å². The van der Waals surface area contributed by atoms with Crippen LogP contribution in [-0.4, -0.2) is 111 Å². The first-order valence-electron chi connectivity index (χ1n) is 12.7. The van der Waals surface area contributed by atoms with Gasteiger partial charge in [-0.05, 0) is 11.8 Å². The van der Waals surface area contributed by atoms with Crippen LogP contribution in [0.3, 0.4) is 0 Å². The highest BCUT2D eigenvalue weighted by atomic mass is 32.5. The lowest BCUT2D eigenvalue weighted by Crippen LogP contribution is -2.47. The van der Waals surface area contributed by atoms with Gasteiger partial charge >= 0.3 is 6.72 Å². The Balaban J connectivity index is 1.17. The summed E-state index contributed by atoms with van der Waals surface area (Å²) in [5.41, 5.74) is 7.32. The number of alkyl halides is 1. The molecule has 8 atom stereocenters. The second kappa shape index (κ2) is 9.89. The lowest BCUT2D eigenvalue weighted by molar-refractivity contribution is -0.184. The van der Waals surface area contributed by atoms with E-state index in [1.165, 1.54) is 17.2 Å². The van der Waals surface area contributed by atoms with Crippen LogP contribution < -0.4 is 17.0 Å². The van der Waals surface area contributed by atoms with Crippen LogP contribution in [0, 0.1) is 0 Å². The van der Waals surface area contributed by atoms with E-state index >= 15 is 4.39 Å². The highest BCUT2D eigenvalue weighted by Gasteiger charge is 2.63. The third-order valence-electron chi connectivity index (χ3n) is 7.69. The molecule has 0 aromatic carbocycles. The molecule has 7 heterocycles. The molecule has 7 rings (SSSR count). The first kappa shape index (κ1) is 28.5. The van der Waals surface area contributed by atoms with E-state index in [0.29, 0.717) is 11.2 Å². The number of hydrogen-bond acceptors (Lipinski definition) is 16. The van der Waals surface area contributed by atoms with Gasteiger partial charge in [0.1, 0.15) is 35.8 Å². The Labute approximate surface area is 243 Å². The minimum Gasteiger partial charge on any atom is -0.394 e. The van der Waals surface area contributed by atoms with Crippen molar-refractivity contribution in [3.63, 3.8) is 0 Å².